The molecule has 4 radical (unpaired) electrons. The maximum absolute atomic E-state index is 12.6. The first kappa shape index (κ1) is 115. The molecular formula is C55H84O5SiU2V2W2Y2-8. The van der Waals surface area contributed by atoms with Gasteiger partial charge in [-0.1, -0.05) is 183 Å². The molecule has 0 atom stereocenters. The van der Waals surface area contributed by atoms with Crippen molar-refractivity contribution < 1.29 is 226 Å². The van der Waals surface area contributed by atoms with Gasteiger partial charge in [0.2, 0.25) is 5.43 Å². The zero-order valence-corrected chi connectivity index (χ0v) is 69.7. The number of ether oxygens (including phenoxy) is 1. The number of carbonyl (C=O) groups is 1. The van der Waals surface area contributed by atoms with E-state index in [0.29, 0.717) is 27.3 Å². The summed E-state index contributed by atoms with van der Waals surface area (Å²) in [6, 6.07) is 38.4. The van der Waals surface area contributed by atoms with Gasteiger partial charge in [-0.05, 0) is 52.7 Å². The molecule has 0 fully saturated rings. The third kappa shape index (κ3) is 34.8. The molecule has 0 saturated carbocycles. The minimum atomic E-state index is -1.08. The van der Waals surface area contributed by atoms with Crippen molar-refractivity contribution in [1.82, 2.24) is 0 Å². The summed E-state index contributed by atoms with van der Waals surface area (Å²) in [5.41, 5.74) is 2.98. The van der Waals surface area contributed by atoms with E-state index in [-0.39, 0.29) is 283 Å². The van der Waals surface area contributed by atoms with Gasteiger partial charge in [0.15, 0.2) is 0 Å². The average Bonchev–Trinajstić information content (AvgIpc) is 3.21. The largest absolute Gasteiger partial charge is 0.507 e. The number of carbonyl (C=O) groups excluding carboxylic acids is 1. The van der Waals surface area contributed by atoms with Gasteiger partial charge < -0.3 is 73.7 Å². The molecule has 0 bridgehead atoms. The predicted molar refractivity (Wildman–Crippen MR) is 285 cm³/mol. The van der Waals surface area contributed by atoms with Crippen molar-refractivity contribution in [2.75, 3.05) is 7.11 Å². The summed E-state index contributed by atoms with van der Waals surface area (Å²) in [5.74, 6) is -0.579. The second-order valence-electron chi connectivity index (χ2n) is 11.8. The van der Waals surface area contributed by atoms with E-state index in [2.05, 4.69) is 55.6 Å². The topological polar surface area (TPSA) is 76.7 Å². The summed E-state index contributed by atoms with van der Waals surface area (Å²) in [7, 11) is 0.217. The Morgan fingerprint density at radius 3 is 1.30 bits per heavy atom. The molecule has 7 rings (SSSR count). The molecule has 0 aliphatic rings. The van der Waals surface area contributed by atoms with Gasteiger partial charge >= 0.3 is 5.97 Å². The van der Waals surface area contributed by atoms with E-state index < -0.39 is 14.0 Å². The molecule has 0 aliphatic carbocycles. The van der Waals surface area contributed by atoms with Crippen LogP contribution in [0.25, 0.3) is 43.5 Å². The van der Waals surface area contributed by atoms with Crippen LogP contribution in [0.15, 0.2) is 131 Å². The second kappa shape index (κ2) is 63.9. The Kier molecular flexibility index (Phi) is 106. The summed E-state index contributed by atoms with van der Waals surface area (Å²) in [6.45, 7) is 25.4. The van der Waals surface area contributed by atoms with Gasteiger partial charge in [-0.15, -0.1) is 0 Å². The Labute approximate surface area is 576 Å². The molecule has 0 amide bonds. The van der Waals surface area contributed by atoms with Gasteiger partial charge in [-0.25, -0.2) is 4.79 Å². The fraction of sp³-hybridized carbons (Fsp3) is 0.236. The summed E-state index contributed by atoms with van der Waals surface area (Å²) >= 11 is 0. The number of rotatable bonds is 2. The number of fused-ring (bicyclic) bond motifs is 5. The Bertz CT molecular complexity index is 2260. The molecule has 0 unspecified atom stereocenters. The third-order valence-corrected chi connectivity index (χ3v) is 9.90. The van der Waals surface area contributed by atoms with E-state index in [9.17, 15) is 14.7 Å². The van der Waals surface area contributed by atoms with Gasteiger partial charge in [0, 0.05) is 207 Å². The molecule has 14 heteroatoms. The van der Waals surface area contributed by atoms with Crippen molar-refractivity contribution in [3.05, 3.63) is 202 Å². The molecule has 0 aliphatic heterocycles. The number of methoxy groups -OCH3 is 1. The molecule has 6 aromatic carbocycles. The molecule has 5 nitrogen and oxygen atoms in total. The monoisotopic (exact) mass is 1980 g/mol. The van der Waals surface area contributed by atoms with E-state index in [1.807, 2.05) is 134 Å². The van der Waals surface area contributed by atoms with Crippen LogP contribution in [0.5, 0.6) is 5.75 Å². The summed E-state index contributed by atoms with van der Waals surface area (Å²) in [5, 5.41) is 16.1. The molecular weight excluding hydrogens is 1890 g/mol. The normalized spacial score (nSPS) is 7.55. The van der Waals surface area contributed by atoms with Crippen LogP contribution in [0, 0.1) is 129 Å². The van der Waals surface area contributed by atoms with Crippen molar-refractivity contribution >= 4 is 62.7 Å². The standard InChI is InChI=1S/C17H10O2.C12H10O3.C10H16Si.4C2H6.8CH3.2U.2V.2W.2Y/c18-17-13-7-3-4-8-14(13)19-15-10-9-11-5-1-2-6-12(11)16(15)17;1-15-12(14)11-9-5-3-2-4-8(9)6-7-10(11)13;1-9-7-5-6-8-10(9)11(2,3)4;4*1-2;;;;;;;;;;;;;;;;/h1-10H;2-7,13H,1H3;5-8H,1-4H3;4*1-2H3;8*1H3;;;;;;;;/q;;;;;;;8*-1;;;;;;;;. The molecule has 382 valence electrons. The Hall–Kier alpha value is 1.65. The van der Waals surface area contributed by atoms with Gasteiger partial charge in [0.25, 0.3) is 0 Å². The number of benzene rings is 6. The van der Waals surface area contributed by atoms with Gasteiger partial charge in [-0.2, -0.15) is 0 Å². The predicted octanol–water partition coefficient (Wildman–Crippen LogP) is 16.7. The van der Waals surface area contributed by atoms with Gasteiger partial charge in [0.1, 0.15) is 22.5 Å². The summed E-state index contributed by atoms with van der Waals surface area (Å²) < 4.78 is 10.5. The number of phenolic OH excluding ortho intramolecular Hbond substituents is 1. The molecule has 1 N–H and O–H groups in total. The molecule has 0 saturated heterocycles. The maximum Gasteiger partial charge on any atom is 0.342 e. The number of aromatic hydroxyl groups is 1. The smallest absolute Gasteiger partial charge is 0.342 e. The van der Waals surface area contributed by atoms with Crippen molar-refractivity contribution in [2.45, 2.75) is 82.0 Å². The number of hydrogen-bond donors (Lipinski definition) is 1. The van der Waals surface area contributed by atoms with Crippen LogP contribution in [-0.4, -0.2) is 26.3 Å². The Balaban J connectivity index is -0.0000000373. The Morgan fingerprint density at radius 2 is 0.884 bits per heavy atom. The van der Waals surface area contributed by atoms with Crippen molar-refractivity contribution in [3.8, 4) is 5.75 Å². The van der Waals surface area contributed by atoms with E-state index in [1.165, 1.54) is 18.7 Å². The second-order valence-corrected chi connectivity index (χ2v) is 16.9. The zero-order chi connectivity index (χ0) is 40.1. The van der Waals surface area contributed by atoms with Crippen molar-refractivity contribution in [2.24, 2.45) is 0 Å². The molecule has 1 heterocycles. The summed E-state index contributed by atoms with van der Waals surface area (Å²) in [4.78, 5) is 24.1. The van der Waals surface area contributed by atoms with Crippen LogP contribution < -0.4 is 10.6 Å². The van der Waals surface area contributed by atoms with Crippen molar-refractivity contribution in [3.63, 3.8) is 0 Å². The molecule has 69 heavy (non-hydrogen) atoms. The van der Waals surface area contributed by atoms with Crippen LogP contribution in [0.2, 0.25) is 19.6 Å². The van der Waals surface area contributed by atoms with Crippen LogP contribution in [-0.2, 0) is 149 Å². The minimum absolute atomic E-state index is 0. The number of esters is 1. The summed E-state index contributed by atoms with van der Waals surface area (Å²) in [6.07, 6.45) is 0. The van der Waals surface area contributed by atoms with E-state index >= 15 is 0 Å². The van der Waals surface area contributed by atoms with E-state index in [4.69, 9.17) is 4.42 Å². The quantitative estimate of drug-likeness (QED) is 0.0614. The van der Waals surface area contributed by atoms with Crippen LogP contribution in [0.4, 0.5) is 0 Å². The number of para-hydroxylation sites is 1. The Morgan fingerprint density at radius 1 is 0.522 bits per heavy atom. The van der Waals surface area contributed by atoms with Crippen LogP contribution in [0.3, 0.4) is 0 Å². The van der Waals surface area contributed by atoms with E-state index in [0.717, 1.165) is 16.2 Å². The SMILES string of the molecule is CC.CC.CC.CC.COC(=O)c1c(O)ccc2ccccc12.Cc1ccccc1[Si](C)(C)C.O=c1c2ccccc2oc2ccc3ccccc3c12.[CH3-].[CH3-].[CH3-].[CH3-].[CH3-].[CH3-].[CH3-].[CH3-].[U].[U].[V].[V].[W].[W].[Y].[Y]. The van der Waals surface area contributed by atoms with Gasteiger partial charge in [-0.3, -0.25) is 4.79 Å². The fourth-order valence-electron chi connectivity index (χ4n) is 5.56. The number of hydrogen-bond acceptors (Lipinski definition) is 5. The van der Waals surface area contributed by atoms with Crippen molar-refractivity contribution in [1.29, 1.82) is 0 Å². The number of aryl methyl sites for hydroxylation is 1. The van der Waals surface area contributed by atoms with Crippen LogP contribution >= 0.6 is 0 Å². The first-order valence-electron chi connectivity index (χ1n) is 18.8. The first-order valence-corrected chi connectivity index (χ1v) is 22.3. The van der Waals surface area contributed by atoms with Gasteiger partial charge in [0.05, 0.1) is 26.0 Å². The number of phenols is 1. The molecule has 0 spiro atoms. The van der Waals surface area contributed by atoms with E-state index in [1.54, 1.807) is 17.3 Å². The average molecular weight is 1980 g/mol. The minimum Gasteiger partial charge on any atom is -0.507 e. The maximum atomic E-state index is 12.6. The zero-order valence-electron chi connectivity index (χ0n) is 46.0. The molecule has 1 aromatic heterocycles. The molecule has 7 aromatic rings. The first-order chi connectivity index (χ1) is 25.6. The van der Waals surface area contributed by atoms with Crippen LogP contribution in [0.1, 0.15) is 71.3 Å². The fourth-order valence-corrected chi connectivity index (χ4v) is 7.42. The third-order valence-electron chi connectivity index (χ3n) is 7.72.